The summed E-state index contributed by atoms with van der Waals surface area (Å²) in [6, 6.07) is 10.4. The predicted molar refractivity (Wildman–Crippen MR) is 59.8 cm³/mol. The summed E-state index contributed by atoms with van der Waals surface area (Å²) in [5.41, 5.74) is 3.04. The van der Waals surface area contributed by atoms with Crippen molar-refractivity contribution < 1.29 is 0 Å². The van der Waals surface area contributed by atoms with Gasteiger partial charge in [0.25, 0.3) is 0 Å². The summed E-state index contributed by atoms with van der Waals surface area (Å²) in [6.45, 7) is 6.21. The van der Waals surface area contributed by atoms with E-state index in [-0.39, 0.29) is 0 Å². The highest BCUT2D eigenvalue weighted by molar-refractivity contribution is 5.76. The molecule has 0 aliphatic rings. The van der Waals surface area contributed by atoms with Crippen molar-refractivity contribution in [1.29, 1.82) is 5.26 Å². The lowest BCUT2D eigenvalue weighted by Crippen LogP contribution is -1.87. The third-order valence-corrected chi connectivity index (χ3v) is 2.30. The molecule has 14 heavy (non-hydrogen) atoms. The van der Waals surface area contributed by atoms with Crippen LogP contribution in [0, 0.1) is 11.3 Å². The number of hydrogen-bond donors (Lipinski definition) is 0. The summed E-state index contributed by atoms with van der Waals surface area (Å²) in [4.78, 5) is 0. The summed E-state index contributed by atoms with van der Waals surface area (Å²) in [7, 11) is 0. The van der Waals surface area contributed by atoms with Gasteiger partial charge in [-0.15, -0.1) is 0 Å². The number of nitrogens with zero attached hydrogens (tertiary/aromatic N) is 1. The zero-order chi connectivity index (χ0) is 10.6. The van der Waals surface area contributed by atoms with Crippen LogP contribution >= 0.6 is 0 Å². The number of allylic oxidation sites excluding steroid dienone is 2. The average molecular weight is 185 g/mol. The van der Waals surface area contributed by atoms with E-state index in [0.29, 0.717) is 5.92 Å². The molecule has 0 unspecified atom stereocenters. The van der Waals surface area contributed by atoms with Crippen LogP contribution in [-0.4, -0.2) is 0 Å². The predicted octanol–water partition coefficient (Wildman–Crippen LogP) is 3.74. The number of hydrogen-bond acceptors (Lipinski definition) is 1. The van der Waals surface area contributed by atoms with Gasteiger partial charge in [0.2, 0.25) is 0 Å². The molecule has 0 aromatic heterocycles. The number of benzene rings is 1. The van der Waals surface area contributed by atoms with Gasteiger partial charge in [-0.25, -0.2) is 0 Å². The van der Waals surface area contributed by atoms with Crippen molar-refractivity contribution in [2.24, 2.45) is 0 Å². The third kappa shape index (κ3) is 2.23. The SMILES string of the molecule is C/C=C(\C#N)c1ccc(C(C)C)cc1. The lowest BCUT2D eigenvalue weighted by molar-refractivity contribution is 0.866. The molecule has 0 N–H and O–H groups in total. The van der Waals surface area contributed by atoms with Crippen LogP contribution < -0.4 is 0 Å². The standard InChI is InChI=1S/C13H15N/c1-4-11(9-14)13-7-5-12(6-8-13)10(2)3/h4-8,10H,1-3H3/b11-4+. The Labute approximate surface area is 85.7 Å². The molecule has 0 amide bonds. The van der Waals surface area contributed by atoms with E-state index in [9.17, 15) is 0 Å². The summed E-state index contributed by atoms with van der Waals surface area (Å²) < 4.78 is 0. The molecule has 0 saturated carbocycles. The molecule has 1 aromatic rings. The monoisotopic (exact) mass is 185 g/mol. The van der Waals surface area contributed by atoms with Gasteiger partial charge in [-0.3, -0.25) is 0 Å². The molecule has 1 rings (SSSR count). The topological polar surface area (TPSA) is 23.8 Å². The van der Waals surface area contributed by atoms with Crippen LogP contribution in [0.2, 0.25) is 0 Å². The fourth-order valence-electron chi connectivity index (χ4n) is 1.34. The van der Waals surface area contributed by atoms with Crippen molar-refractivity contribution in [2.45, 2.75) is 26.7 Å². The fourth-order valence-corrected chi connectivity index (χ4v) is 1.34. The largest absolute Gasteiger partial charge is 0.192 e. The molecule has 0 heterocycles. The van der Waals surface area contributed by atoms with Crippen LogP contribution in [0.15, 0.2) is 30.3 Å². The smallest absolute Gasteiger partial charge is 0.0994 e. The first kappa shape index (κ1) is 10.5. The van der Waals surface area contributed by atoms with Gasteiger partial charge >= 0.3 is 0 Å². The summed E-state index contributed by atoms with van der Waals surface area (Å²) >= 11 is 0. The summed E-state index contributed by atoms with van der Waals surface area (Å²) in [6.07, 6.45) is 1.84. The van der Waals surface area contributed by atoms with Gasteiger partial charge in [0.1, 0.15) is 0 Å². The van der Waals surface area contributed by atoms with E-state index >= 15 is 0 Å². The normalized spacial score (nSPS) is 11.5. The van der Waals surface area contributed by atoms with Gasteiger partial charge in [0.05, 0.1) is 11.6 Å². The second-order valence-corrected chi connectivity index (χ2v) is 3.59. The van der Waals surface area contributed by atoms with Crippen LogP contribution in [-0.2, 0) is 0 Å². The Balaban J connectivity index is 3.01. The van der Waals surface area contributed by atoms with E-state index in [4.69, 9.17) is 5.26 Å². The lowest BCUT2D eigenvalue weighted by Gasteiger charge is -2.05. The molecule has 0 fully saturated rings. The molecular weight excluding hydrogens is 170 g/mol. The minimum Gasteiger partial charge on any atom is -0.192 e. The maximum absolute atomic E-state index is 8.84. The first-order valence-corrected chi connectivity index (χ1v) is 4.85. The number of nitriles is 1. The van der Waals surface area contributed by atoms with E-state index < -0.39 is 0 Å². The summed E-state index contributed by atoms with van der Waals surface area (Å²) in [5.74, 6) is 0.542. The molecule has 0 saturated heterocycles. The van der Waals surface area contributed by atoms with Gasteiger partial charge < -0.3 is 0 Å². The maximum atomic E-state index is 8.84. The molecule has 72 valence electrons. The van der Waals surface area contributed by atoms with Gasteiger partial charge in [0.15, 0.2) is 0 Å². The Morgan fingerprint density at radius 1 is 1.29 bits per heavy atom. The lowest BCUT2D eigenvalue weighted by atomic mass is 9.99. The maximum Gasteiger partial charge on any atom is 0.0994 e. The minimum absolute atomic E-state index is 0.542. The third-order valence-electron chi connectivity index (χ3n) is 2.30. The van der Waals surface area contributed by atoms with Crippen LogP contribution in [0.1, 0.15) is 37.8 Å². The first-order chi connectivity index (χ1) is 6.69. The Morgan fingerprint density at radius 3 is 2.21 bits per heavy atom. The molecular formula is C13H15N. The molecule has 0 bridgehead atoms. The zero-order valence-corrected chi connectivity index (χ0v) is 8.91. The van der Waals surface area contributed by atoms with Crippen LogP contribution in [0.4, 0.5) is 0 Å². The molecule has 0 aliphatic carbocycles. The molecule has 0 radical (unpaired) electrons. The van der Waals surface area contributed by atoms with Gasteiger partial charge in [0, 0.05) is 0 Å². The van der Waals surface area contributed by atoms with Crippen molar-refractivity contribution in [3.8, 4) is 6.07 Å². The van der Waals surface area contributed by atoms with Crippen molar-refractivity contribution in [2.75, 3.05) is 0 Å². The Hall–Kier alpha value is -1.55. The van der Waals surface area contributed by atoms with Crippen LogP contribution in [0.3, 0.4) is 0 Å². The van der Waals surface area contributed by atoms with Crippen LogP contribution in [0.5, 0.6) is 0 Å². The van der Waals surface area contributed by atoms with Crippen molar-refractivity contribution in [3.05, 3.63) is 41.5 Å². The minimum atomic E-state index is 0.542. The highest BCUT2D eigenvalue weighted by atomic mass is 14.2. The highest BCUT2D eigenvalue weighted by Gasteiger charge is 2.01. The quantitative estimate of drug-likeness (QED) is 0.644. The first-order valence-electron chi connectivity index (χ1n) is 4.85. The van der Waals surface area contributed by atoms with Gasteiger partial charge in [-0.2, -0.15) is 5.26 Å². The average Bonchev–Trinajstić information content (AvgIpc) is 2.20. The Bertz CT molecular complexity index is 363. The molecule has 1 aromatic carbocycles. The van der Waals surface area contributed by atoms with E-state index in [2.05, 4.69) is 32.0 Å². The molecule has 0 aliphatic heterocycles. The van der Waals surface area contributed by atoms with Crippen molar-refractivity contribution in [3.63, 3.8) is 0 Å². The second-order valence-electron chi connectivity index (χ2n) is 3.59. The summed E-state index contributed by atoms with van der Waals surface area (Å²) in [5, 5.41) is 8.84. The Morgan fingerprint density at radius 2 is 1.86 bits per heavy atom. The Kier molecular flexibility index (Phi) is 3.48. The van der Waals surface area contributed by atoms with E-state index in [0.717, 1.165) is 11.1 Å². The van der Waals surface area contributed by atoms with Crippen molar-refractivity contribution >= 4 is 5.57 Å². The second kappa shape index (κ2) is 4.62. The molecule has 1 nitrogen and oxygen atoms in total. The molecule has 0 spiro atoms. The molecule has 1 heteroatoms. The van der Waals surface area contributed by atoms with E-state index in [1.807, 2.05) is 25.1 Å². The van der Waals surface area contributed by atoms with Crippen molar-refractivity contribution in [1.82, 2.24) is 0 Å². The van der Waals surface area contributed by atoms with E-state index in [1.54, 1.807) is 0 Å². The van der Waals surface area contributed by atoms with Crippen LogP contribution in [0.25, 0.3) is 5.57 Å². The van der Waals surface area contributed by atoms with Gasteiger partial charge in [-0.1, -0.05) is 44.2 Å². The zero-order valence-electron chi connectivity index (χ0n) is 8.91. The fraction of sp³-hybridized carbons (Fsp3) is 0.308. The van der Waals surface area contributed by atoms with Gasteiger partial charge in [-0.05, 0) is 24.0 Å². The highest BCUT2D eigenvalue weighted by Crippen LogP contribution is 2.18. The number of rotatable bonds is 2. The van der Waals surface area contributed by atoms with E-state index in [1.165, 1.54) is 5.56 Å². The molecule has 0 atom stereocenters.